The molecule has 0 unspecified atom stereocenters. The van der Waals surface area contributed by atoms with Gasteiger partial charge in [-0.15, -0.1) is 0 Å². The van der Waals surface area contributed by atoms with Crippen LogP contribution in [0.25, 0.3) is 0 Å². The molecule has 0 saturated carbocycles. The summed E-state index contributed by atoms with van der Waals surface area (Å²) in [6, 6.07) is 7.39. The van der Waals surface area contributed by atoms with Crippen LogP contribution >= 0.6 is 61.1 Å². The molecular weight excluding hydrogens is 550 g/mol. The minimum atomic E-state index is 1.13. The van der Waals surface area contributed by atoms with Crippen molar-refractivity contribution in [3.8, 4) is 0 Å². The predicted molar refractivity (Wildman–Crippen MR) is 117 cm³/mol. The minimum Gasteiger partial charge on any atom is -0.0928 e. The van der Waals surface area contributed by atoms with E-state index in [-0.39, 0.29) is 0 Å². The van der Waals surface area contributed by atoms with E-state index in [0.717, 1.165) is 5.33 Å². The van der Waals surface area contributed by atoms with Crippen molar-refractivity contribution in [3.05, 3.63) is 34.9 Å². The predicted octanol–water partition coefficient (Wildman–Crippen LogP) is 6.92. The van der Waals surface area contributed by atoms with E-state index < -0.39 is 0 Å². The maximum absolute atomic E-state index is 3.53. The second-order valence-corrected chi connectivity index (χ2v) is 8.55. The topological polar surface area (TPSA) is 0 Å². The third-order valence-corrected chi connectivity index (χ3v) is 5.75. The number of unbranched alkanes of at least 4 members (excludes halogenated alkanes) is 3. The van der Waals surface area contributed by atoms with Crippen LogP contribution in [-0.2, 0) is 19.3 Å². The van der Waals surface area contributed by atoms with Crippen LogP contribution < -0.4 is 0 Å². The minimum absolute atomic E-state index is 1.13. The number of benzene rings is 1. The summed E-state index contributed by atoms with van der Waals surface area (Å²) < 4.78 is 2.57. The van der Waals surface area contributed by atoms with Gasteiger partial charge in [0.2, 0.25) is 0 Å². The molecule has 0 N–H and O–H groups in total. The molecule has 1 rings (SSSR count). The van der Waals surface area contributed by atoms with E-state index in [1.807, 2.05) is 0 Å². The first-order valence-electron chi connectivity index (χ1n) is 8.09. The first-order valence-corrected chi connectivity index (χ1v) is 12.3. The Labute approximate surface area is 166 Å². The van der Waals surface area contributed by atoms with Gasteiger partial charge < -0.3 is 0 Å². The van der Waals surface area contributed by atoms with Crippen molar-refractivity contribution in [2.45, 2.75) is 57.8 Å². The lowest BCUT2D eigenvalue weighted by Crippen LogP contribution is -1.96. The van der Waals surface area contributed by atoms with Crippen molar-refractivity contribution < 1.29 is 0 Å². The van der Waals surface area contributed by atoms with Gasteiger partial charge in [-0.05, 0) is 83.3 Å². The van der Waals surface area contributed by atoms with Gasteiger partial charge in [-0.25, -0.2) is 0 Å². The monoisotopic (exact) mass is 576 g/mol. The van der Waals surface area contributed by atoms with Gasteiger partial charge in [-0.1, -0.05) is 79.3 Å². The van der Waals surface area contributed by atoms with Crippen LogP contribution in [0, 0.1) is 0 Å². The normalized spacial score (nSPS) is 11.0. The highest BCUT2D eigenvalue weighted by Crippen LogP contribution is 2.17. The molecule has 0 bridgehead atoms. The maximum atomic E-state index is 3.53. The molecule has 0 aromatic heterocycles. The van der Waals surface area contributed by atoms with E-state index in [4.69, 9.17) is 0 Å². The summed E-state index contributed by atoms with van der Waals surface area (Å²) in [7, 11) is 0. The smallest absolute Gasteiger partial charge is 0.00314 e. The highest BCUT2D eigenvalue weighted by Gasteiger charge is 2.03. The summed E-state index contributed by atoms with van der Waals surface area (Å²) >= 11 is 8.50. The molecule has 0 radical (unpaired) electrons. The standard InChI is InChI=1S/C18H27BrI2/c19-10-4-1-7-16-13-17(8-2-5-11-20)15-18(14-16)9-3-6-12-21/h13-15H,1-12H2. The zero-order valence-corrected chi connectivity index (χ0v) is 18.8. The van der Waals surface area contributed by atoms with Gasteiger partial charge in [0.05, 0.1) is 0 Å². The molecule has 0 aliphatic rings. The molecule has 3 heteroatoms. The Morgan fingerprint density at radius 1 is 0.619 bits per heavy atom. The molecule has 1 aromatic carbocycles. The second-order valence-electron chi connectivity index (χ2n) is 5.60. The molecule has 0 nitrogen and oxygen atoms in total. The molecule has 0 saturated heterocycles. The van der Waals surface area contributed by atoms with Crippen molar-refractivity contribution >= 4 is 61.1 Å². The van der Waals surface area contributed by atoms with E-state index in [2.05, 4.69) is 79.3 Å². The zero-order valence-electron chi connectivity index (χ0n) is 12.9. The Hall–Kier alpha value is 1.16. The Morgan fingerprint density at radius 3 is 1.33 bits per heavy atom. The van der Waals surface area contributed by atoms with Gasteiger partial charge in [-0.2, -0.15) is 0 Å². The van der Waals surface area contributed by atoms with Gasteiger partial charge in [0.1, 0.15) is 0 Å². The molecule has 120 valence electrons. The fourth-order valence-electron chi connectivity index (χ4n) is 2.54. The number of rotatable bonds is 12. The van der Waals surface area contributed by atoms with Gasteiger partial charge >= 0.3 is 0 Å². The molecule has 0 aliphatic carbocycles. The number of hydrogen-bond acceptors (Lipinski definition) is 0. The second kappa shape index (κ2) is 13.6. The molecular formula is C18H27BrI2. The zero-order chi connectivity index (χ0) is 15.3. The maximum Gasteiger partial charge on any atom is 0.00314 e. The van der Waals surface area contributed by atoms with Gasteiger partial charge in [0, 0.05) is 5.33 Å². The van der Waals surface area contributed by atoms with Crippen molar-refractivity contribution in [2.24, 2.45) is 0 Å². The number of hydrogen-bond donors (Lipinski definition) is 0. The number of halogens is 3. The third kappa shape index (κ3) is 9.80. The quantitative estimate of drug-likeness (QED) is 0.144. The molecule has 0 atom stereocenters. The molecule has 0 aliphatic heterocycles. The average molecular weight is 577 g/mol. The van der Waals surface area contributed by atoms with Crippen LogP contribution in [0.2, 0.25) is 0 Å². The van der Waals surface area contributed by atoms with E-state index >= 15 is 0 Å². The van der Waals surface area contributed by atoms with Crippen LogP contribution in [0.4, 0.5) is 0 Å². The van der Waals surface area contributed by atoms with Crippen molar-refractivity contribution in [1.82, 2.24) is 0 Å². The van der Waals surface area contributed by atoms with E-state index in [9.17, 15) is 0 Å². The Balaban J connectivity index is 2.65. The molecule has 21 heavy (non-hydrogen) atoms. The molecule has 0 amide bonds. The summed E-state index contributed by atoms with van der Waals surface area (Å²) in [6.07, 6.45) is 11.7. The van der Waals surface area contributed by atoms with Crippen molar-refractivity contribution in [2.75, 3.05) is 14.2 Å². The van der Waals surface area contributed by atoms with Gasteiger partial charge in [0.25, 0.3) is 0 Å². The average Bonchev–Trinajstić information content (AvgIpc) is 2.48. The van der Waals surface area contributed by atoms with Gasteiger partial charge in [-0.3, -0.25) is 0 Å². The molecule has 1 aromatic rings. The van der Waals surface area contributed by atoms with Crippen LogP contribution in [-0.4, -0.2) is 14.2 Å². The largest absolute Gasteiger partial charge is 0.0928 e. The summed E-state index contributed by atoms with van der Waals surface area (Å²) in [5.74, 6) is 0. The first-order chi connectivity index (χ1) is 10.3. The SMILES string of the molecule is BrCCCCc1cc(CCCCI)cc(CCCCI)c1. The lowest BCUT2D eigenvalue weighted by atomic mass is 9.96. The Kier molecular flexibility index (Phi) is 13.1. The first kappa shape index (κ1) is 20.2. The number of alkyl halides is 3. The number of aryl methyl sites for hydroxylation is 3. The van der Waals surface area contributed by atoms with Crippen LogP contribution in [0.3, 0.4) is 0 Å². The molecule has 0 fully saturated rings. The van der Waals surface area contributed by atoms with Crippen molar-refractivity contribution in [3.63, 3.8) is 0 Å². The fraction of sp³-hybridized carbons (Fsp3) is 0.667. The molecule has 0 spiro atoms. The van der Waals surface area contributed by atoms with Gasteiger partial charge in [0.15, 0.2) is 0 Å². The lowest BCUT2D eigenvalue weighted by molar-refractivity contribution is 0.777. The molecule has 0 heterocycles. The van der Waals surface area contributed by atoms with E-state index in [0.29, 0.717) is 0 Å². The summed E-state index contributed by atoms with van der Waals surface area (Å²) in [4.78, 5) is 0. The summed E-state index contributed by atoms with van der Waals surface area (Å²) in [5.41, 5.74) is 4.70. The lowest BCUT2D eigenvalue weighted by Gasteiger charge is -2.10. The van der Waals surface area contributed by atoms with E-state index in [1.165, 1.54) is 66.6 Å². The van der Waals surface area contributed by atoms with Crippen LogP contribution in [0.15, 0.2) is 18.2 Å². The highest BCUT2D eigenvalue weighted by molar-refractivity contribution is 14.1. The van der Waals surface area contributed by atoms with Crippen LogP contribution in [0.5, 0.6) is 0 Å². The third-order valence-electron chi connectivity index (χ3n) is 3.66. The fourth-order valence-corrected chi connectivity index (χ4v) is 4.02. The Bertz CT molecular complexity index is 310. The summed E-state index contributed by atoms with van der Waals surface area (Å²) in [6.45, 7) is 0. The summed E-state index contributed by atoms with van der Waals surface area (Å²) in [5, 5.41) is 1.13. The van der Waals surface area contributed by atoms with Crippen molar-refractivity contribution in [1.29, 1.82) is 0 Å². The van der Waals surface area contributed by atoms with E-state index in [1.54, 1.807) is 16.7 Å². The Morgan fingerprint density at radius 2 is 1.00 bits per heavy atom. The highest BCUT2D eigenvalue weighted by atomic mass is 127. The van der Waals surface area contributed by atoms with Crippen LogP contribution in [0.1, 0.15) is 55.2 Å².